The molecule has 0 fully saturated rings. The Kier molecular flexibility index (Phi) is 4.99. The van der Waals surface area contributed by atoms with Crippen molar-refractivity contribution in [3.8, 4) is 11.1 Å². The van der Waals surface area contributed by atoms with Gasteiger partial charge in [-0.25, -0.2) is 0 Å². The third-order valence-corrected chi connectivity index (χ3v) is 3.53. The van der Waals surface area contributed by atoms with E-state index in [2.05, 4.69) is 48.3 Å². The van der Waals surface area contributed by atoms with Crippen molar-refractivity contribution >= 4 is 17.3 Å². The van der Waals surface area contributed by atoms with Crippen LogP contribution in [0.5, 0.6) is 0 Å². The minimum atomic E-state index is -0.0530. The normalized spacial score (nSPS) is 10.2. The summed E-state index contributed by atoms with van der Waals surface area (Å²) in [4.78, 5) is 13.7. The summed E-state index contributed by atoms with van der Waals surface area (Å²) in [5.74, 6) is -0.0530. The second kappa shape index (κ2) is 6.93. The average molecular weight is 282 g/mol. The van der Waals surface area contributed by atoms with Gasteiger partial charge in [0, 0.05) is 37.0 Å². The fraction of sp³-hybridized carbons (Fsp3) is 0.278. The second-order valence-corrected chi connectivity index (χ2v) is 4.95. The van der Waals surface area contributed by atoms with Gasteiger partial charge in [0.1, 0.15) is 0 Å². The monoisotopic (exact) mass is 282 g/mol. The summed E-state index contributed by atoms with van der Waals surface area (Å²) in [6.07, 6.45) is 0. The van der Waals surface area contributed by atoms with Crippen molar-refractivity contribution in [2.24, 2.45) is 0 Å². The Bertz CT molecular complexity index is 604. The van der Waals surface area contributed by atoms with Gasteiger partial charge in [0.15, 0.2) is 0 Å². The summed E-state index contributed by atoms with van der Waals surface area (Å²) in [5, 5.41) is 2.92. The van der Waals surface area contributed by atoms with Crippen molar-refractivity contribution in [2.45, 2.75) is 20.8 Å². The first-order chi connectivity index (χ1) is 10.2. The topological polar surface area (TPSA) is 32.3 Å². The van der Waals surface area contributed by atoms with E-state index in [1.54, 1.807) is 0 Å². The van der Waals surface area contributed by atoms with E-state index in [4.69, 9.17) is 0 Å². The highest BCUT2D eigenvalue weighted by Crippen LogP contribution is 2.32. The molecule has 21 heavy (non-hydrogen) atoms. The summed E-state index contributed by atoms with van der Waals surface area (Å²) < 4.78 is 0. The SMILES string of the molecule is CCN(CC)c1ccc(NC(C)=O)c(-c2ccccc2)c1. The molecule has 0 aliphatic rings. The lowest BCUT2D eigenvalue weighted by molar-refractivity contribution is -0.114. The van der Waals surface area contributed by atoms with E-state index in [1.165, 1.54) is 12.6 Å². The minimum absolute atomic E-state index is 0.0530. The summed E-state index contributed by atoms with van der Waals surface area (Å²) in [5.41, 5.74) is 4.18. The fourth-order valence-electron chi connectivity index (χ4n) is 2.47. The Morgan fingerprint density at radius 1 is 1.05 bits per heavy atom. The molecule has 0 unspecified atom stereocenters. The lowest BCUT2D eigenvalue weighted by Gasteiger charge is -2.23. The molecular weight excluding hydrogens is 260 g/mol. The Balaban J connectivity index is 2.51. The predicted octanol–water partition coefficient (Wildman–Crippen LogP) is 4.16. The standard InChI is InChI=1S/C18H22N2O/c1-4-20(5-2)16-11-12-18(19-14(3)21)17(13-16)15-9-7-6-8-10-15/h6-13H,4-5H2,1-3H3,(H,19,21). The molecule has 2 aromatic rings. The number of rotatable bonds is 5. The first kappa shape index (κ1) is 15.1. The number of carbonyl (C=O) groups is 1. The average Bonchev–Trinajstić information content (AvgIpc) is 2.50. The first-order valence-corrected chi connectivity index (χ1v) is 7.37. The van der Waals surface area contributed by atoms with Crippen LogP contribution >= 0.6 is 0 Å². The van der Waals surface area contributed by atoms with Gasteiger partial charge in [-0.15, -0.1) is 0 Å². The Labute approximate surface area is 126 Å². The molecule has 0 heterocycles. The summed E-state index contributed by atoms with van der Waals surface area (Å²) in [6.45, 7) is 7.75. The molecule has 3 heteroatoms. The zero-order chi connectivity index (χ0) is 15.2. The van der Waals surface area contributed by atoms with E-state index in [1.807, 2.05) is 24.3 Å². The maximum atomic E-state index is 11.4. The molecule has 0 aliphatic heterocycles. The van der Waals surface area contributed by atoms with E-state index < -0.39 is 0 Å². The molecule has 1 amide bonds. The molecule has 0 spiro atoms. The van der Waals surface area contributed by atoms with Crippen molar-refractivity contribution in [1.29, 1.82) is 0 Å². The highest BCUT2D eigenvalue weighted by atomic mass is 16.1. The van der Waals surface area contributed by atoms with Crippen LogP contribution in [0.25, 0.3) is 11.1 Å². The summed E-state index contributed by atoms with van der Waals surface area (Å²) >= 11 is 0. The van der Waals surface area contributed by atoms with Crippen molar-refractivity contribution in [3.63, 3.8) is 0 Å². The lowest BCUT2D eigenvalue weighted by atomic mass is 10.0. The van der Waals surface area contributed by atoms with Crippen LogP contribution in [-0.2, 0) is 4.79 Å². The van der Waals surface area contributed by atoms with Gasteiger partial charge in [-0.1, -0.05) is 30.3 Å². The zero-order valence-corrected chi connectivity index (χ0v) is 12.9. The number of anilines is 2. The van der Waals surface area contributed by atoms with E-state index in [9.17, 15) is 4.79 Å². The summed E-state index contributed by atoms with van der Waals surface area (Å²) in [6, 6.07) is 16.3. The second-order valence-electron chi connectivity index (χ2n) is 4.95. The van der Waals surface area contributed by atoms with Crippen molar-refractivity contribution in [3.05, 3.63) is 48.5 Å². The van der Waals surface area contributed by atoms with Gasteiger partial charge in [-0.2, -0.15) is 0 Å². The molecule has 1 N–H and O–H groups in total. The van der Waals surface area contributed by atoms with Crippen LogP contribution in [0.1, 0.15) is 20.8 Å². The maximum absolute atomic E-state index is 11.4. The largest absolute Gasteiger partial charge is 0.372 e. The number of hydrogen-bond donors (Lipinski definition) is 1. The molecule has 0 aliphatic carbocycles. The van der Waals surface area contributed by atoms with Crippen molar-refractivity contribution < 1.29 is 4.79 Å². The minimum Gasteiger partial charge on any atom is -0.372 e. The van der Waals surface area contributed by atoms with Gasteiger partial charge in [0.2, 0.25) is 5.91 Å². The highest BCUT2D eigenvalue weighted by molar-refractivity contribution is 5.95. The third-order valence-electron chi connectivity index (χ3n) is 3.53. The third kappa shape index (κ3) is 3.63. The van der Waals surface area contributed by atoms with Gasteiger partial charge < -0.3 is 10.2 Å². The van der Waals surface area contributed by atoms with Gasteiger partial charge >= 0.3 is 0 Å². The van der Waals surface area contributed by atoms with E-state index in [0.717, 1.165) is 29.9 Å². The molecule has 3 nitrogen and oxygen atoms in total. The van der Waals surface area contributed by atoms with E-state index in [-0.39, 0.29) is 5.91 Å². The van der Waals surface area contributed by atoms with Gasteiger partial charge in [-0.05, 0) is 37.6 Å². The van der Waals surface area contributed by atoms with Crippen LogP contribution in [-0.4, -0.2) is 19.0 Å². The number of nitrogens with zero attached hydrogens (tertiary/aromatic N) is 1. The highest BCUT2D eigenvalue weighted by Gasteiger charge is 2.10. The molecule has 0 saturated carbocycles. The predicted molar refractivity (Wildman–Crippen MR) is 89.7 cm³/mol. The maximum Gasteiger partial charge on any atom is 0.221 e. The van der Waals surface area contributed by atoms with E-state index >= 15 is 0 Å². The van der Waals surface area contributed by atoms with Crippen LogP contribution in [0, 0.1) is 0 Å². The van der Waals surface area contributed by atoms with Crippen molar-refractivity contribution in [1.82, 2.24) is 0 Å². The molecule has 2 rings (SSSR count). The number of benzene rings is 2. The molecule has 0 saturated heterocycles. The van der Waals surface area contributed by atoms with Crippen LogP contribution in [0.4, 0.5) is 11.4 Å². The Hall–Kier alpha value is -2.29. The van der Waals surface area contributed by atoms with Crippen LogP contribution in [0.2, 0.25) is 0 Å². The van der Waals surface area contributed by atoms with Crippen molar-refractivity contribution in [2.75, 3.05) is 23.3 Å². The smallest absolute Gasteiger partial charge is 0.221 e. The van der Waals surface area contributed by atoms with Gasteiger partial charge in [0.05, 0.1) is 0 Å². The van der Waals surface area contributed by atoms with Gasteiger partial charge in [-0.3, -0.25) is 4.79 Å². The molecule has 0 bridgehead atoms. The van der Waals surface area contributed by atoms with Crippen LogP contribution in [0.3, 0.4) is 0 Å². The Morgan fingerprint density at radius 3 is 2.29 bits per heavy atom. The Morgan fingerprint density at radius 2 is 1.71 bits per heavy atom. The van der Waals surface area contributed by atoms with Crippen LogP contribution < -0.4 is 10.2 Å². The molecule has 0 aromatic heterocycles. The number of nitrogens with one attached hydrogen (secondary N) is 1. The van der Waals surface area contributed by atoms with Gasteiger partial charge in [0.25, 0.3) is 0 Å². The first-order valence-electron chi connectivity index (χ1n) is 7.37. The molecule has 0 atom stereocenters. The molecule has 110 valence electrons. The lowest BCUT2D eigenvalue weighted by Crippen LogP contribution is -2.21. The molecular formula is C18H22N2O. The zero-order valence-electron chi connectivity index (χ0n) is 12.9. The molecule has 0 radical (unpaired) electrons. The number of carbonyl (C=O) groups excluding carboxylic acids is 1. The number of amides is 1. The molecule has 2 aromatic carbocycles. The fourth-order valence-corrected chi connectivity index (χ4v) is 2.47. The van der Waals surface area contributed by atoms with Crippen LogP contribution in [0.15, 0.2) is 48.5 Å². The van der Waals surface area contributed by atoms with E-state index in [0.29, 0.717) is 0 Å². The quantitative estimate of drug-likeness (QED) is 0.893. The summed E-state index contributed by atoms with van der Waals surface area (Å²) in [7, 11) is 0. The number of hydrogen-bond acceptors (Lipinski definition) is 2.